The molecule has 0 aliphatic rings. The summed E-state index contributed by atoms with van der Waals surface area (Å²) in [6.45, 7) is 2.19. The maximum absolute atomic E-state index is 5.97. The number of anilines is 1. The molecule has 0 fully saturated rings. The molecule has 1 aromatic carbocycles. The number of nitrogens with one attached hydrogen (secondary N) is 1. The van der Waals surface area contributed by atoms with Gasteiger partial charge >= 0.3 is 0 Å². The molecule has 100 valence electrons. The van der Waals surface area contributed by atoms with Crippen LogP contribution in [0.1, 0.15) is 25.5 Å². The zero-order chi connectivity index (χ0) is 12.5. The van der Waals surface area contributed by atoms with Gasteiger partial charge in [0.15, 0.2) is 5.82 Å². The van der Waals surface area contributed by atoms with E-state index in [1.54, 1.807) is 0 Å². The highest BCUT2D eigenvalue weighted by atomic mass is 35.5. The second-order valence-corrected chi connectivity index (χ2v) is 4.54. The Morgan fingerprint density at radius 3 is 2.84 bits per heavy atom. The van der Waals surface area contributed by atoms with Crippen LogP contribution in [-0.4, -0.2) is 15.2 Å². The van der Waals surface area contributed by atoms with Gasteiger partial charge in [0, 0.05) is 16.5 Å². The number of para-hydroxylation sites is 1. The number of aromatic nitrogens is 3. The summed E-state index contributed by atoms with van der Waals surface area (Å²) in [7, 11) is 0. The summed E-state index contributed by atoms with van der Waals surface area (Å²) in [4.78, 5) is 4.39. The lowest BCUT2D eigenvalue weighted by Gasteiger charge is -2.03. The molecule has 19 heavy (non-hydrogen) atoms. The van der Waals surface area contributed by atoms with Gasteiger partial charge in [0.25, 0.3) is 0 Å². The number of halogens is 1. The molecule has 0 amide bonds. The van der Waals surface area contributed by atoms with Crippen molar-refractivity contribution < 1.29 is 0 Å². The fraction of sp³-hybridized carbons (Fsp3) is 0.286. The number of unbranched alkanes of at least 4 members (excludes halogenated alkanes) is 1. The minimum absolute atomic E-state index is 0. The molecular weight excluding hydrogens is 260 g/mol. The average Bonchev–Trinajstić information content (AvgIpc) is 2.81. The van der Waals surface area contributed by atoms with Crippen LogP contribution in [0.4, 0.5) is 5.82 Å². The maximum Gasteiger partial charge on any atom is 0.152 e. The van der Waals surface area contributed by atoms with Gasteiger partial charge < -0.3 is 5.73 Å². The van der Waals surface area contributed by atoms with Crippen molar-refractivity contribution in [2.24, 2.45) is 0 Å². The van der Waals surface area contributed by atoms with Crippen LogP contribution >= 0.6 is 12.4 Å². The van der Waals surface area contributed by atoms with Crippen molar-refractivity contribution in [3.05, 3.63) is 30.0 Å². The number of H-pyrrole nitrogens is 1. The molecule has 0 aliphatic carbocycles. The van der Waals surface area contributed by atoms with Gasteiger partial charge in [0.1, 0.15) is 5.52 Å². The van der Waals surface area contributed by atoms with E-state index in [9.17, 15) is 0 Å². The summed E-state index contributed by atoms with van der Waals surface area (Å²) in [5.74, 6) is 0.502. The minimum atomic E-state index is 0. The van der Waals surface area contributed by atoms with E-state index >= 15 is 0 Å². The van der Waals surface area contributed by atoms with Crippen LogP contribution in [0.15, 0.2) is 24.3 Å². The smallest absolute Gasteiger partial charge is 0.152 e. The number of aryl methyl sites for hydroxylation is 1. The van der Waals surface area contributed by atoms with E-state index in [1.165, 1.54) is 6.42 Å². The second-order valence-electron chi connectivity index (χ2n) is 4.54. The number of aromatic amines is 1. The van der Waals surface area contributed by atoms with Crippen molar-refractivity contribution in [1.29, 1.82) is 0 Å². The number of pyridine rings is 1. The number of nitrogen functional groups attached to an aromatic ring is 1. The molecule has 0 unspecified atom stereocenters. The molecule has 0 saturated carbocycles. The molecule has 0 radical (unpaired) electrons. The van der Waals surface area contributed by atoms with Crippen molar-refractivity contribution in [3.63, 3.8) is 0 Å². The van der Waals surface area contributed by atoms with Crippen LogP contribution < -0.4 is 5.73 Å². The van der Waals surface area contributed by atoms with E-state index in [4.69, 9.17) is 5.73 Å². The summed E-state index contributed by atoms with van der Waals surface area (Å²) in [6, 6.07) is 8.07. The van der Waals surface area contributed by atoms with Crippen LogP contribution in [0, 0.1) is 0 Å². The van der Waals surface area contributed by atoms with Gasteiger partial charge in [-0.05, 0) is 18.9 Å². The number of nitrogens with zero attached hydrogens (tertiary/aromatic N) is 2. The van der Waals surface area contributed by atoms with E-state index in [2.05, 4.69) is 28.2 Å². The molecule has 3 aromatic rings. The zero-order valence-electron chi connectivity index (χ0n) is 10.8. The molecule has 0 atom stereocenters. The SMILES string of the molecule is CCCCc1[nH]nc2c(N)nc3ccccc3c12.Cl. The molecular formula is C14H17ClN4. The van der Waals surface area contributed by atoms with Gasteiger partial charge in [-0.15, -0.1) is 12.4 Å². The summed E-state index contributed by atoms with van der Waals surface area (Å²) >= 11 is 0. The molecule has 2 aromatic heterocycles. The predicted molar refractivity (Wildman–Crippen MR) is 81.7 cm³/mol. The summed E-state index contributed by atoms with van der Waals surface area (Å²) in [5, 5.41) is 9.68. The van der Waals surface area contributed by atoms with E-state index in [-0.39, 0.29) is 12.4 Å². The van der Waals surface area contributed by atoms with Gasteiger partial charge in [0.2, 0.25) is 0 Å². The first-order valence-corrected chi connectivity index (χ1v) is 6.32. The Hall–Kier alpha value is -1.81. The third kappa shape index (κ3) is 2.24. The van der Waals surface area contributed by atoms with E-state index < -0.39 is 0 Å². The topological polar surface area (TPSA) is 67.6 Å². The lowest BCUT2D eigenvalue weighted by atomic mass is 10.1. The Balaban J connectivity index is 0.00000133. The molecule has 5 heteroatoms. The van der Waals surface area contributed by atoms with Gasteiger partial charge in [-0.1, -0.05) is 31.5 Å². The Morgan fingerprint density at radius 1 is 1.26 bits per heavy atom. The highest BCUT2D eigenvalue weighted by Crippen LogP contribution is 2.29. The van der Waals surface area contributed by atoms with Gasteiger partial charge in [-0.25, -0.2) is 4.98 Å². The molecule has 0 bridgehead atoms. The molecule has 0 saturated heterocycles. The Labute approximate surface area is 117 Å². The van der Waals surface area contributed by atoms with Crippen LogP contribution in [0.2, 0.25) is 0 Å². The predicted octanol–water partition coefficient (Wildman–Crippen LogP) is 3.46. The molecule has 3 rings (SSSR count). The number of benzene rings is 1. The van der Waals surface area contributed by atoms with Gasteiger partial charge in [-0.2, -0.15) is 5.10 Å². The molecule has 0 spiro atoms. The third-order valence-electron chi connectivity index (χ3n) is 3.28. The third-order valence-corrected chi connectivity index (χ3v) is 3.28. The Bertz CT molecular complexity index is 705. The number of hydrogen-bond donors (Lipinski definition) is 2. The fourth-order valence-electron chi connectivity index (χ4n) is 2.35. The number of fused-ring (bicyclic) bond motifs is 3. The van der Waals surface area contributed by atoms with Crippen LogP contribution in [-0.2, 0) is 6.42 Å². The highest BCUT2D eigenvalue weighted by Gasteiger charge is 2.12. The number of rotatable bonds is 3. The lowest BCUT2D eigenvalue weighted by Crippen LogP contribution is -1.93. The molecule has 0 aliphatic heterocycles. The van der Waals surface area contributed by atoms with Crippen molar-refractivity contribution in [1.82, 2.24) is 15.2 Å². The normalized spacial score (nSPS) is 10.8. The zero-order valence-corrected chi connectivity index (χ0v) is 11.6. The van der Waals surface area contributed by atoms with Crippen molar-refractivity contribution >= 4 is 40.0 Å². The first-order chi connectivity index (χ1) is 8.81. The number of hydrogen-bond acceptors (Lipinski definition) is 3. The largest absolute Gasteiger partial charge is 0.382 e. The summed E-state index contributed by atoms with van der Waals surface area (Å²) < 4.78 is 0. The van der Waals surface area contributed by atoms with Crippen molar-refractivity contribution in [2.75, 3.05) is 5.73 Å². The summed E-state index contributed by atoms with van der Waals surface area (Å²) in [5.41, 5.74) is 8.86. The van der Waals surface area contributed by atoms with Crippen molar-refractivity contribution in [2.45, 2.75) is 26.2 Å². The standard InChI is InChI=1S/C14H16N4.ClH/c1-2-3-7-11-12-9-6-4-5-8-10(9)16-14(15)13(12)18-17-11;/h4-6,8H,2-3,7H2,1H3,(H2,15,16)(H,17,18);1H. The van der Waals surface area contributed by atoms with Crippen LogP contribution in [0.3, 0.4) is 0 Å². The van der Waals surface area contributed by atoms with Gasteiger partial charge in [-0.3, -0.25) is 5.10 Å². The molecule has 3 N–H and O–H groups in total. The van der Waals surface area contributed by atoms with Crippen LogP contribution in [0.25, 0.3) is 21.8 Å². The van der Waals surface area contributed by atoms with Crippen molar-refractivity contribution in [3.8, 4) is 0 Å². The van der Waals surface area contributed by atoms with E-state index in [1.807, 2.05) is 18.2 Å². The molecule has 4 nitrogen and oxygen atoms in total. The molecule has 2 heterocycles. The fourth-order valence-corrected chi connectivity index (χ4v) is 2.35. The lowest BCUT2D eigenvalue weighted by molar-refractivity contribution is 0.776. The highest BCUT2D eigenvalue weighted by molar-refractivity contribution is 6.09. The quantitative estimate of drug-likeness (QED) is 0.770. The average molecular weight is 277 g/mol. The van der Waals surface area contributed by atoms with E-state index in [0.29, 0.717) is 5.82 Å². The first kappa shape index (κ1) is 13.6. The second kappa shape index (κ2) is 5.45. The minimum Gasteiger partial charge on any atom is -0.382 e. The van der Waals surface area contributed by atoms with E-state index in [0.717, 1.165) is 40.3 Å². The Morgan fingerprint density at radius 2 is 2.05 bits per heavy atom. The number of nitrogens with two attached hydrogens (primary N) is 1. The monoisotopic (exact) mass is 276 g/mol. The summed E-state index contributed by atoms with van der Waals surface area (Å²) in [6.07, 6.45) is 3.31. The van der Waals surface area contributed by atoms with Gasteiger partial charge in [0.05, 0.1) is 5.52 Å². The van der Waals surface area contributed by atoms with Crippen LogP contribution in [0.5, 0.6) is 0 Å². The first-order valence-electron chi connectivity index (χ1n) is 6.32. The maximum atomic E-state index is 5.97. The Kier molecular flexibility index (Phi) is 3.90.